The minimum absolute atomic E-state index is 0.139. The first kappa shape index (κ1) is 21.4. The molecule has 1 N–H and O–H groups in total. The average molecular weight is 454 g/mol. The highest BCUT2D eigenvalue weighted by atomic mass is 16.5. The molecule has 2 aromatic carbocycles. The van der Waals surface area contributed by atoms with Gasteiger partial charge in [0.2, 0.25) is 0 Å². The minimum atomic E-state index is -0.384. The van der Waals surface area contributed by atoms with Crippen LogP contribution < -0.4 is 10.1 Å². The number of hydrogen-bond acceptors (Lipinski definition) is 6. The van der Waals surface area contributed by atoms with E-state index in [9.17, 15) is 9.59 Å². The van der Waals surface area contributed by atoms with E-state index in [0.29, 0.717) is 36.7 Å². The highest BCUT2D eigenvalue weighted by Gasteiger charge is 2.27. The van der Waals surface area contributed by atoms with E-state index in [0.717, 1.165) is 27.9 Å². The number of carbonyl (C=O) groups excluding carboxylic acids is 2. The first-order valence-corrected chi connectivity index (χ1v) is 10.8. The van der Waals surface area contributed by atoms with Crippen LogP contribution in [0.5, 0.6) is 5.75 Å². The molecule has 0 spiro atoms. The first-order valence-electron chi connectivity index (χ1n) is 10.8. The molecule has 0 radical (unpaired) electrons. The molecule has 0 aliphatic carbocycles. The number of rotatable bonds is 6. The summed E-state index contributed by atoms with van der Waals surface area (Å²) in [7, 11) is 1.36. The molecule has 1 aliphatic heterocycles. The second kappa shape index (κ2) is 9.19. The van der Waals surface area contributed by atoms with E-state index in [-0.39, 0.29) is 11.9 Å². The zero-order valence-electron chi connectivity index (χ0n) is 18.5. The number of amides is 1. The third kappa shape index (κ3) is 4.13. The van der Waals surface area contributed by atoms with Gasteiger partial charge in [-0.15, -0.1) is 0 Å². The zero-order chi connectivity index (χ0) is 23.5. The molecule has 8 heteroatoms. The van der Waals surface area contributed by atoms with E-state index >= 15 is 0 Å². The molecule has 1 aliphatic rings. The quantitative estimate of drug-likeness (QED) is 0.446. The fourth-order valence-corrected chi connectivity index (χ4v) is 3.99. The van der Waals surface area contributed by atoms with Gasteiger partial charge in [-0.3, -0.25) is 14.5 Å². The van der Waals surface area contributed by atoms with Gasteiger partial charge >= 0.3 is 5.97 Å². The Morgan fingerprint density at radius 2 is 1.85 bits per heavy atom. The first-order chi connectivity index (χ1) is 16.6. The van der Waals surface area contributed by atoms with Crippen molar-refractivity contribution in [3.05, 3.63) is 89.9 Å². The molecular weight excluding hydrogens is 432 g/mol. The lowest BCUT2D eigenvalue weighted by molar-refractivity contribution is 0.0600. The molecular formula is C26H22N4O4. The van der Waals surface area contributed by atoms with Crippen LogP contribution in [0.15, 0.2) is 73.1 Å². The second-order valence-electron chi connectivity index (χ2n) is 7.79. The van der Waals surface area contributed by atoms with Gasteiger partial charge in [0.1, 0.15) is 23.7 Å². The van der Waals surface area contributed by atoms with Crippen LogP contribution in [0.1, 0.15) is 26.4 Å². The topological polar surface area (TPSA) is 95.3 Å². The van der Waals surface area contributed by atoms with Gasteiger partial charge in [0, 0.05) is 30.1 Å². The molecule has 0 bridgehead atoms. The molecule has 0 unspecified atom stereocenters. The van der Waals surface area contributed by atoms with Crippen LogP contribution >= 0.6 is 0 Å². The number of esters is 1. The zero-order valence-corrected chi connectivity index (χ0v) is 18.5. The smallest absolute Gasteiger partial charge is 0.337 e. The lowest BCUT2D eigenvalue weighted by atomic mass is 9.98. The number of ether oxygens (including phenoxy) is 2. The van der Waals surface area contributed by atoms with Crippen LogP contribution in [0.3, 0.4) is 0 Å². The number of benzene rings is 2. The Balaban J connectivity index is 1.42. The van der Waals surface area contributed by atoms with Gasteiger partial charge in [-0.05, 0) is 47.5 Å². The van der Waals surface area contributed by atoms with E-state index in [1.807, 2.05) is 42.5 Å². The van der Waals surface area contributed by atoms with E-state index < -0.39 is 0 Å². The molecule has 2 aromatic heterocycles. The van der Waals surface area contributed by atoms with Crippen molar-refractivity contribution >= 4 is 11.9 Å². The lowest BCUT2D eigenvalue weighted by Crippen LogP contribution is -2.35. The predicted molar refractivity (Wildman–Crippen MR) is 125 cm³/mol. The van der Waals surface area contributed by atoms with E-state index in [4.69, 9.17) is 14.6 Å². The van der Waals surface area contributed by atoms with Crippen LogP contribution in [0.25, 0.3) is 22.4 Å². The van der Waals surface area contributed by atoms with Crippen LogP contribution in [0.4, 0.5) is 0 Å². The van der Waals surface area contributed by atoms with Crippen molar-refractivity contribution in [3.63, 3.8) is 0 Å². The standard InChI is InChI=1S/C26H22N4O4/c1-33-26(32)20-4-2-3-17(15-20)16-34-21-7-5-18(6-8-21)22-23(19-9-11-27-12-10-19)29-30-14-13-28-25(31)24(22)30/h2-12,15H,13-14,16H2,1H3,(H,28,31). The number of fused-ring (bicyclic) bond motifs is 1. The van der Waals surface area contributed by atoms with Crippen molar-refractivity contribution in [3.8, 4) is 28.1 Å². The highest BCUT2D eigenvalue weighted by Crippen LogP contribution is 2.36. The summed E-state index contributed by atoms with van der Waals surface area (Å²) in [5, 5.41) is 7.64. The van der Waals surface area contributed by atoms with Crippen molar-refractivity contribution in [1.82, 2.24) is 20.1 Å². The Morgan fingerprint density at radius 1 is 1.06 bits per heavy atom. The number of carbonyl (C=O) groups is 2. The molecule has 0 atom stereocenters. The number of nitrogens with zero attached hydrogens (tertiary/aromatic N) is 3. The molecule has 0 saturated heterocycles. The van der Waals surface area contributed by atoms with Crippen molar-refractivity contribution in [2.24, 2.45) is 0 Å². The largest absolute Gasteiger partial charge is 0.489 e. The Bertz CT molecular complexity index is 1350. The van der Waals surface area contributed by atoms with Gasteiger partial charge in [0.15, 0.2) is 0 Å². The number of methoxy groups -OCH3 is 1. The summed E-state index contributed by atoms with van der Waals surface area (Å²) >= 11 is 0. The SMILES string of the molecule is COC(=O)c1cccc(COc2ccc(-c3c(-c4ccncc4)nn4c3C(=O)NCC4)cc2)c1. The summed E-state index contributed by atoms with van der Waals surface area (Å²) in [5.74, 6) is 0.146. The van der Waals surface area contributed by atoms with Crippen molar-refractivity contribution in [2.45, 2.75) is 13.2 Å². The molecule has 8 nitrogen and oxygen atoms in total. The van der Waals surface area contributed by atoms with E-state index in [2.05, 4.69) is 10.3 Å². The van der Waals surface area contributed by atoms with Crippen molar-refractivity contribution < 1.29 is 19.1 Å². The Morgan fingerprint density at radius 3 is 2.62 bits per heavy atom. The molecule has 1 amide bonds. The number of nitrogens with one attached hydrogen (secondary N) is 1. The van der Waals surface area contributed by atoms with Crippen molar-refractivity contribution in [2.75, 3.05) is 13.7 Å². The van der Waals surface area contributed by atoms with Crippen LogP contribution in [-0.4, -0.2) is 40.3 Å². The highest BCUT2D eigenvalue weighted by molar-refractivity contribution is 6.03. The number of aromatic nitrogens is 3. The van der Waals surface area contributed by atoms with Crippen LogP contribution in [0.2, 0.25) is 0 Å². The molecule has 5 rings (SSSR count). The fraction of sp³-hybridized carbons (Fsp3) is 0.154. The molecule has 4 aromatic rings. The number of pyridine rings is 1. The van der Waals surface area contributed by atoms with Crippen LogP contribution in [0, 0.1) is 0 Å². The maximum Gasteiger partial charge on any atom is 0.337 e. The summed E-state index contributed by atoms with van der Waals surface area (Å²) in [4.78, 5) is 28.5. The normalized spacial score (nSPS) is 12.6. The summed E-state index contributed by atoms with van der Waals surface area (Å²) in [6, 6.07) is 18.5. The van der Waals surface area contributed by atoms with Gasteiger partial charge < -0.3 is 14.8 Å². The summed E-state index contributed by atoms with van der Waals surface area (Å²) in [6.45, 7) is 1.47. The third-order valence-corrected chi connectivity index (χ3v) is 5.63. The lowest BCUT2D eigenvalue weighted by Gasteiger charge is -2.15. The maximum absolute atomic E-state index is 12.7. The Labute approximate surface area is 196 Å². The van der Waals surface area contributed by atoms with Gasteiger partial charge in [-0.2, -0.15) is 5.10 Å². The average Bonchev–Trinajstić information content (AvgIpc) is 3.29. The molecule has 3 heterocycles. The third-order valence-electron chi connectivity index (χ3n) is 5.63. The summed E-state index contributed by atoms with van der Waals surface area (Å²) in [6.07, 6.45) is 3.42. The summed E-state index contributed by atoms with van der Waals surface area (Å²) in [5.41, 5.74) is 5.16. The monoisotopic (exact) mass is 454 g/mol. The maximum atomic E-state index is 12.7. The predicted octanol–water partition coefficient (Wildman–Crippen LogP) is 3.72. The Kier molecular flexibility index (Phi) is 5.78. The second-order valence-corrected chi connectivity index (χ2v) is 7.79. The van der Waals surface area contributed by atoms with Gasteiger partial charge in [0.25, 0.3) is 5.91 Å². The Hall–Kier alpha value is -4.46. The van der Waals surface area contributed by atoms with Gasteiger partial charge in [-0.25, -0.2) is 4.79 Å². The minimum Gasteiger partial charge on any atom is -0.489 e. The molecule has 34 heavy (non-hydrogen) atoms. The molecule has 0 saturated carbocycles. The van der Waals surface area contributed by atoms with E-state index in [1.165, 1.54) is 7.11 Å². The van der Waals surface area contributed by atoms with Crippen molar-refractivity contribution in [1.29, 1.82) is 0 Å². The number of hydrogen-bond donors (Lipinski definition) is 1. The van der Waals surface area contributed by atoms with Crippen LogP contribution in [-0.2, 0) is 17.9 Å². The van der Waals surface area contributed by atoms with E-state index in [1.54, 1.807) is 35.3 Å². The molecule has 0 fully saturated rings. The van der Waals surface area contributed by atoms with Gasteiger partial charge in [0.05, 0.1) is 19.2 Å². The fourth-order valence-electron chi connectivity index (χ4n) is 3.99. The van der Waals surface area contributed by atoms with Gasteiger partial charge in [-0.1, -0.05) is 24.3 Å². The molecule has 170 valence electrons. The summed E-state index contributed by atoms with van der Waals surface area (Å²) < 4.78 is 12.5.